The number of urea groups is 1. The van der Waals surface area contributed by atoms with Crippen molar-refractivity contribution in [3.8, 4) is 0 Å². The van der Waals surface area contributed by atoms with Crippen LogP contribution in [0.15, 0.2) is 63.9 Å². The van der Waals surface area contributed by atoms with Crippen LogP contribution in [0.25, 0.3) is 11.0 Å². The number of para-hydroxylation sites is 1. The van der Waals surface area contributed by atoms with Gasteiger partial charge < -0.3 is 19.8 Å². The zero-order valence-corrected chi connectivity index (χ0v) is 20.2. The van der Waals surface area contributed by atoms with Crippen molar-refractivity contribution in [1.82, 2.24) is 14.5 Å². The van der Waals surface area contributed by atoms with E-state index in [2.05, 4.69) is 10.6 Å². The molecule has 2 aromatic carbocycles. The van der Waals surface area contributed by atoms with Crippen molar-refractivity contribution in [2.75, 3.05) is 38.2 Å². The van der Waals surface area contributed by atoms with Crippen LogP contribution in [0.4, 0.5) is 10.5 Å². The highest BCUT2D eigenvalue weighted by atomic mass is 32.2. The van der Waals surface area contributed by atoms with Crippen LogP contribution >= 0.6 is 0 Å². The van der Waals surface area contributed by atoms with Crippen LogP contribution in [0, 0.1) is 0 Å². The number of sulfonamides is 1. The molecule has 2 aliphatic rings. The van der Waals surface area contributed by atoms with Crippen LogP contribution in [0.5, 0.6) is 0 Å². The summed E-state index contributed by atoms with van der Waals surface area (Å²) in [7, 11) is -3.66. The summed E-state index contributed by atoms with van der Waals surface area (Å²) in [6.45, 7) is 2.24. The molecule has 2 aliphatic heterocycles. The number of hydrogen-bond acceptors (Lipinski definition) is 7. The molecule has 0 unspecified atom stereocenters. The third-order valence-corrected chi connectivity index (χ3v) is 8.15. The van der Waals surface area contributed by atoms with Crippen LogP contribution in [0.2, 0.25) is 0 Å². The lowest BCUT2D eigenvalue weighted by Crippen LogP contribution is -2.41. The van der Waals surface area contributed by atoms with Gasteiger partial charge in [0.2, 0.25) is 15.9 Å². The molecule has 5 rings (SSSR count). The lowest BCUT2D eigenvalue weighted by atomic mass is 9.99. The molecular weight excluding hydrogens is 488 g/mol. The number of nitrogens with zero attached hydrogens (tertiary/aromatic N) is 2. The van der Waals surface area contributed by atoms with Gasteiger partial charge in [0.25, 0.3) is 5.91 Å². The minimum absolute atomic E-state index is 0.0955. The molecular formula is C24H24N4O7S. The second-order valence-corrected chi connectivity index (χ2v) is 10.6. The van der Waals surface area contributed by atoms with Crippen LogP contribution in [0.1, 0.15) is 12.7 Å². The van der Waals surface area contributed by atoms with Crippen molar-refractivity contribution in [2.24, 2.45) is 0 Å². The molecule has 0 spiro atoms. The van der Waals surface area contributed by atoms with Gasteiger partial charge in [-0.15, -0.1) is 0 Å². The molecule has 2 N–H and O–H groups in total. The summed E-state index contributed by atoms with van der Waals surface area (Å²) in [6, 6.07) is 13.9. The van der Waals surface area contributed by atoms with E-state index in [-0.39, 0.29) is 23.7 Å². The highest BCUT2D eigenvalue weighted by Crippen LogP contribution is 2.33. The predicted octanol–water partition coefficient (Wildman–Crippen LogP) is 1.86. The normalized spacial score (nSPS) is 21.1. The number of imide groups is 1. The fourth-order valence-corrected chi connectivity index (χ4v) is 5.63. The Bertz CT molecular complexity index is 1410. The van der Waals surface area contributed by atoms with Gasteiger partial charge in [0, 0.05) is 24.2 Å². The molecule has 2 saturated heterocycles. The van der Waals surface area contributed by atoms with Gasteiger partial charge in [-0.2, -0.15) is 4.31 Å². The highest BCUT2D eigenvalue weighted by molar-refractivity contribution is 7.89. The fourth-order valence-electron chi connectivity index (χ4n) is 4.23. The van der Waals surface area contributed by atoms with E-state index >= 15 is 0 Å². The maximum Gasteiger partial charge on any atom is 0.325 e. The number of nitrogens with one attached hydrogen (secondary N) is 2. The first-order valence-electron chi connectivity index (χ1n) is 11.3. The highest BCUT2D eigenvalue weighted by Gasteiger charge is 2.51. The maximum absolute atomic E-state index is 13.1. The van der Waals surface area contributed by atoms with E-state index in [1.807, 2.05) is 12.1 Å². The molecule has 12 heteroatoms. The average molecular weight is 513 g/mol. The second kappa shape index (κ2) is 9.04. The Balaban J connectivity index is 1.26. The third-order valence-electron chi connectivity index (χ3n) is 6.24. The number of amides is 4. The van der Waals surface area contributed by atoms with E-state index in [1.165, 1.54) is 35.5 Å². The number of anilines is 1. The minimum Gasteiger partial charge on any atom is -0.458 e. The smallest absolute Gasteiger partial charge is 0.325 e. The van der Waals surface area contributed by atoms with Gasteiger partial charge in [0.1, 0.15) is 17.9 Å². The monoisotopic (exact) mass is 512 g/mol. The van der Waals surface area contributed by atoms with Gasteiger partial charge in [-0.3, -0.25) is 14.5 Å². The Morgan fingerprint density at radius 2 is 1.78 bits per heavy atom. The van der Waals surface area contributed by atoms with Crippen molar-refractivity contribution >= 4 is 44.5 Å². The number of fused-ring (bicyclic) bond motifs is 1. The summed E-state index contributed by atoms with van der Waals surface area (Å²) in [5, 5.41) is 5.99. The largest absolute Gasteiger partial charge is 0.458 e. The molecule has 36 heavy (non-hydrogen) atoms. The van der Waals surface area contributed by atoms with Crippen molar-refractivity contribution < 1.29 is 32.0 Å². The first-order chi connectivity index (χ1) is 17.2. The molecule has 3 aromatic rings. The van der Waals surface area contributed by atoms with Gasteiger partial charge in [-0.05, 0) is 43.3 Å². The van der Waals surface area contributed by atoms with E-state index in [0.29, 0.717) is 24.5 Å². The number of furan rings is 1. The topological polar surface area (TPSA) is 138 Å². The van der Waals surface area contributed by atoms with E-state index < -0.39 is 40.0 Å². The van der Waals surface area contributed by atoms with Gasteiger partial charge in [0.15, 0.2) is 5.54 Å². The number of benzene rings is 2. The quantitative estimate of drug-likeness (QED) is 0.481. The van der Waals surface area contributed by atoms with Crippen molar-refractivity contribution in [3.05, 3.63) is 60.4 Å². The number of carbonyl (C=O) groups is 3. The van der Waals surface area contributed by atoms with Crippen molar-refractivity contribution in [2.45, 2.75) is 17.4 Å². The lowest BCUT2D eigenvalue weighted by molar-refractivity contribution is -0.134. The molecule has 3 heterocycles. The standard InChI is InChI=1S/C24H24N4O7S/c1-24(20-14-16-4-2-3-5-19(16)35-20)22(30)28(23(31)26-24)15-21(29)25-17-6-8-18(9-7-17)36(32,33)27-10-12-34-13-11-27/h2-9,14H,10-13,15H2,1H3,(H,25,29)(H,26,31)/t24-/m0/s1. The molecule has 4 amide bonds. The number of hydrogen-bond donors (Lipinski definition) is 2. The van der Waals surface area contributed by atoms with Gasteiger partial charge in [-0.1, -0.05) is 18.2 Å². The Kier molecular flexibility index (Phi) is 6.02. The molecule has 1 atom stereocenters. The van der Waals surface area contributed by atoms with E-state index in [0.717, 1.165) is 10.3 Å². The Labute approximate surface area is 207 Å². The first kappa shape index (κ1) is 24.0. The Morgan fingerprint density at radius 3 is 2.47 bits per heavy atom. The van der Waals surface area contributed by atoms with Gasteiger partial charge in [0.05, 0.1) is 18.1 Å². The SMILES string of the molecule is C[C@@]1(c2cc3ccccc3o2)NC(=O)N(CC(=O)Nc2ccc(S(=O)(=O)N3CCOCC3)cc2)C1=O. The zero-order chi connectivity index (χ0) is 25.5. The minimum atomic E-state index is -3.66. The molecule has 0 aliphatic carbocycles. The molecule has 0 bridgehead atoms. The molecule has 0 radical (unpaired) electrons. The summed E-state index contributed by atoms with van der Waals surface area (Å²) in [5.74, 6) is -0.966. The molecule has 11 nitrogen and oxygen atoms in total. The summed E-state index contributed by atoms with van der Waals surface area (Å²) in [5.41, 5.74) is -0.551. The number of rotatable bonds is 6. The average Bonchev–Trinajstić information content (AvgIpc) is 3.41. The van der Waals surface area contributed by atoms with Crippen LogP contribution in [0.3, 0.4) is 0 Å². The van der Waals surface area contributed by atoms with Crippen molar-refractivity contribution in [3.63, 3.8) is 0 Å². The van der Waals surface area contributed by atoms with Gasteiger partial charge in [-0.25, -0.2) is 13.2 Å². The molecule has 1 aromatic heterocycles. The van der Waals surface area contributed by atoms with Crippen LogP contribution in [-0.4, -0.2) is 68.3 Å². The second-order valence-electron chi connectivity index (χ2n) is 8.68. The Hall–Kier alpha value is -3.74. The first-order valence-corrected chi connectivity index (χ1v) is 12.7. The van der Waals surface area contributed by atoms with E-state index in [1.54, 1.807) is 18.2 Å². The summed E-state index contributed by atoms with van der Waals surface area (Å²) in [4.78, 5) is 39.2. The lowest BCUT2D eigenvalue weighted by Gasteiger charge is -2.26. The molecule has 2 fully saturated rings. The molecule has 188 valence electrons. The maximum atomic E-state index is 13.1. The van der Waals surface area contributed by atoms with E-state index in [9.17, 15) is 22.8 Å². The molecule has 0 saturated carbocycles. The van der Waals surface area contributed by atoms with Crippen LogP contribution in [-0.2, 0) is 29.9 Å². The zero-order valence-electron chi connectivity index (χ0n) is 19.4. The van der Waals surface area contributed by atoms with Gasteiger partial charge >= 0.3 is 6.03 Å². The van der Waals surface area contributed by atoms with Crippen molar-refractivity contribution in [1.29, 1.82) is 0 Å². The third kappa shape index (κ3) is 4.23. The van der Waals surface area contributed by atoms with Crippen LogP contribution < -0.4 is 10.6 Å². The fraction of sp³-hybridized carbons (Fsp3) is 0.292. The summed E-state index contributed by atoms with van der Waals surface area (Å²) in [6.07, 6.45) is 0. The Morgan fingerprint density at radius 1 is 1.08 bits per heavy atom. The predicted molar refractivity (Wildman–Crippen MR) is 128 cm³/mol. The number of ether oxygens (including phenoxy) is 1. The van der Waals surface area contributed by atoms with E-state index in [4.69, 9.17) is 9.15 Å². The number of morpholine rings is 1. The number of carbonyl (C=O) groups excluding carboxylic acids is 3. The summed E-state index contributed by atoms with van der Waals surface area (Å²) >= 11 is 0. The summed E-state index contributed by atoms with van der Waals surface area (Å²) < 4.78 is 37.8.